The number of fused-ring (bicyclic) bond motifs is 1. The minimum atomic E-state index is 0.0250. The maximum atomic E-state index is 8.81. The monoisotopic (exact) mass is 216 g/mol. The number of aryl methyl sites for hydroxylation is 1. The Labute approximate surface area is 95.9 Å². The second-order valence-electron chi connectivity index (χ2n) is 4.39. The van der Waals surface area contributed by atoms with E-state index in [0.717, 1.165) is 25.2 Å². The van der Waals surface area contributed by atoms with Gasteiger partial charge in [-0.3, -0.25) is 0 Å². The van der Waals surface area contributed by atoms with Crippen LogP contribution in [0.3, 0.4) is 0 Å². The van der Waals surface area contributed by atoms with Crippen molar-refractivity contribution in [2.75, 3.05) is 18.5 Å². The molecule has 1 aromatic rings. The topological polar surface area (TPSA) is 52.8 Å². The fourth-order valence-electron chi connectivity index (χ4n) is 2.21. The lowest BCUT2D eigenvalue weighted by Crippen LogP contribution is -2.25. The van der Waals surface area contributed by atoms with Crippen molar-refractivity contribution in [2.45, 2.75) is 26.2 Å². The van der Waals surface area contributed by atoms with Gasteiger partial charge in [-0.25, -0.2) is 9.97 Å². The molecule has 0 aliphatic heterocycles. The minimum absolute atomic E-state index is 0.0250. The van der Waals surface area contributed by atoms with Crippen molar-refractivity contribution in [1.82, 2.24) is 9.97 Å². The average Bonchev–Trinajstić information content (AvgIpc) is 2.76. The first kappa shape index (κ1) is 10.9. The zero-order chi connectivity index (χ0) is 11.5. The van der Waals surface area contributed by atoms with Crippen molar-refractivity contribution in [2.24, 2.45) is 5.92 Å². The van der Waals surface area contributed by atoms with Gasteiger partial charge in [-0.15, -0.1) is 0 Å². The maximum absolute atomic E-state index is 8.81. The van der Waals surface area contributed by atoms with E-state index < -0.39 is 0 Å². The molecular weight excluding hydrogens is 200 g/mol. The molecule has 2 rings (SSSR count). The fourth-order valence-corrected chi connectivity index (χ4v) is 2.21. The van der Waals surface area contributed by atoms with Gasteiger partial charge in [0.15, 0.2) is 0 Å². The molecule has 1 heterocycles. The molecule has 0 amide bonds. The van der Waals surface area contributed by atoms with Gasteiger partial charge >= 0.3 is 0 Å². The lowest BCUT2D eigenvalue weighted by atomic mass is 10.2. The average molecular weight is 216 g/mol. The minimum Gasteiger partial charge on any atom is -0.358 e. The fraction of sp³-hybridized carbons (Fsp3) is 0.583. The Bertz CT molecular complexity index is 422. The highest BCUT2D eigenvalue weighted by atomic mass is 15.2. The van der Waals surface area contributed by atoms with E-state index in [4.69, 9.17) is 5.26 Å². The Morgan fingerprint density at radius 1 is 1.50 bits per heavy atom. The SMILES string of the molecule is CC(C#N)CN(C)c1ncnc2c1CCC2. The molecule has 84 valence electrons. The summed E-state index contributed by atoms with van der Waals surface area (Å²) in [5, 5.41) is 8.81. The molecule has 1 aromatic heterocycles. The van der Waals surface area contributed by atoms with Gasteiger partial charge < -0.3 is 4.90 Å². The first-order valence-corrected chi connectivity index (χ1v) is 5.66. The van der Waals surface area contributed by atoms with E-state index in [1.807, 2.05) is 14.0 Å². The summed E-state index contributed by atoms with van der Waals surface area (Å²) in [5.74, 6) is 1.03. The number of hydrogen-bond donors (Lipinski definition) is 0. The van der Waals surface area contributed by atoms with Gasteiger partial charge in [0.2, 0.25) is 0 Å². The second kappa shape index (κ2) is 4.48. The van der Waals surface area contributed by atoms with Crippen LogP contribution in [0, 0.1) is 17.2 Å². The van der Waals surface area contributed by atoms with E-state index in [9.17, 15) is 0 Å². The van der Waals surface area contributed by atoms with Crippen LogP contribution in [0.1, 0.15) is 24.6 Å². The highest BCUT2D eigenvalue weighted by Crippen LogP contribution is 2.27. The third kappa shape index (κ3) is 1.99. The summed E-state index contributed by atoms with van der Waals surface area (Å²) < 4.78 is 0. The zero-order valence-electron chi connectivity index (χ0n) is 9.77. The lowest BCUT2D eigenvalue weighted by Gasteiger charge is -2.21. The van der Waals surface area contributed by atoms with Gasteiger partial charge in [-0.1, -0.05) is 0 Å². The molecule has 0 saturated carbocycles. The molecule has 0 N–H and O–H groups in total. The standard InChI is InChI=1S/C12H16N4/c1-9(6-13)7-16(2)12-10-4-3-5-11(10)14-8-15-12/h8-9H,3-5,7H2,1-2H3. The van der Waals surface area contributed by atoms with Crippen LogP contribution in [0.2, 0.25) is 0 Å². The predicted molar refractivity (Wildman–Crippen MR) is 62.1 cm³/mol. The van der Waals surface area contributed by atoms with E-state index in [1.165, 1.54) is 17.7 Å². The van der Waals surface area contributed by atoms with Crippen molar-refractivity contribution < 1.29 is 0 Å². The summed E-state index contributed by atoms with van der Waals surface area (Å²) in [5.41, 5.74) is 2.46. The molecule has 0 spiro atoms. The molecule has 16 heavy (non-hydrogen) atoms. The van der Waals surface area contributed by atoms with Crippen LogP contribution < -0.4 is 4.90 Å². The highest BCUT2D eigenvalue weighted by molar-refractivity contribution is 5.49. The van der Waals surface area contributed by atoms with Crippen LogP contribution in [-0.4, -0.2) is 23.6 Å². The molecule has 1 atom stereocenters. The Kier molecular flexibility index (Phi) is 3.04. The van der Waals surface area contributed by atoms with Crippen LogP contribution in [-0.2, 0) is 12.8 Å². The third-order valence-electron chi connectivity index (χ3n) is 2.98. The Balaban J connectivity index is 2.21. The van der Waals surface area contributed by atoms with Gasteiger partial charge in [0.05, 0.1) is 12.0 Å². The zero-order valence-corrected chi connectivity index (χ0v) is 9.77. The van der Waals surface area contributed by atoms with Crippen molar-refractivity contribution in [3.8, 4) is 6.07 Å². The van der Waals surface area contributed by atoms with Crippen LogP contribution in [0.15, 0.2) is 6.33 Å². The smallest absolute Gasteiger partial charge is 0.135 e. The quantitative estimate of drug-likeness (QED) is 0.769. The number of nitrogens with zero attached hydrogens (tertiary/aromatic N) is 4. The van der Waals surface area contributed by atoms with Gasteiger partial charge in [-0.05, 0) is 26.2 Å². The third-order valence-corrected chi connectivity index (χ3v) is 2.98. The molecule has 1 unspecified atom stereocenters. The van der Waals surface area contributed by atoms with E-state index in [1.54, 1.807) is 6.33 Å². The molecule has 4 nitrogen and oxygen atoms in total. The maximum Gasteiger partial charge on any atom is 0.135 e. The van der Waals surface area contributed by atoms with Gasteiger partial charge in [-0.2, -0.15) is 5.26 Å². The summed E-state index contributed by atoms with van der Waals surface area (Å²) in [7, 11) is 1.99. The Morgan fingerprint density at radius 2 is 2.31 bits per heavy atom. The van der Waals surface area contributed by atoms with Gasteiger partial charge in [0, 0.05) is 24.8 Å². The van der Waals surface area contributed by atoms with Gasteiger partial charge in [0.1, 0.15) is 12.1 Å². The van der Waals surface area contributed by atoms with Crippen LogP contribution >= 0.6 is 0 Å². The van der Waals surface area contributed by atoms with Crippen LogP contribution in [0.25, 0.3) is 0 Å². The van der Waals surface area contributed by atoms with Crippen molar-refractivity contribution in [3.63, 3.8) is 0 Å². The molecular formula is C12H16N4. The van der Waals surface area contributed by atoms with E-state index in [-0.39, 0.29) is 5.92 Å². The van der Waals surface area contributed by atoms with Crippen molar-refractivity contribution in [1.29, 1.82) is 5.26 Å². The predicted octanol–water partition coefficient (Wildman–Crippen LogP) is 1.56. The summed E-state index contributed by atoms with van der Waals surface area (Å²) in [4.78, 5) is 10.7. The molecule has 1 aliphatic carbocycles. The van der Waals surface area contributed by atoms with Crippen molar-refractivity contribution in [3.05, 3.63) is 17.6 Å². The molecule has 0 saturated heterocycles. The van der Waals surface area contributed by atoms with Crippen molar-refractivity contribution >= 4 is 5.82 Å². The summed E-state index contributed by atoms with van der Waals surface area (Å²) in [6, 6.07) is 2.25. The summed E-state index contributed by atoms with van der Waals surface area (Å²) in [6.45, 7) is 2.65. The number of nitriles is 1. The molecule has 4 heteroatoms. The van der Waals surface area contributed by atoms with Gasteiger partial charge in [0.25, 0.3) is 0 Å². The van der Waals surface area contributed by atoms with E-state index in [0.29, 0.717) is 0 Å². The lowest BCUT2D eigenvalue weighted by molar-refractivity contribution is 0.706. The number of anilines is 1. The van der Waals surface area contributed by atoms with E-state index in [2.05, 4.69) is 20.9 Å². The second-order valence-corrected chi connectivity index (χ2v) is 4.39. The molecule has 0 bridgehead atoms. The molecule has 0 radical (unpaired) electrons. The first-order valence-electron chi connectivity index (χ1n) is 5.66. The van der Waals surface area contributed by atoms with Crippen LogP contribution in [0.4, 0.5) is 5.82 Å². The molecule has 1 aliphatic rings. The Hall–Kier alpha value is -1.63. The summed E-state index contributed by atoms with van der Waals surface area (Å²) in [6.07, 6.45) is 4.93. The normalized spacial score (nSPS) is 15.3. The van der Waals surface area contributed by atoms with E-state index >= 15 is 0 Å². The Morgan fingerprint density at radius 3 is 3.06 bits per heavy atom. The molecule has 0 aromatic carbocycles. The van der Waals surface area contributed by atoms with Crippen LogP contribution in [0.5, 0.6) is 0 Å². The molecule has 0 fully saturated rings. The highest BCUT2D eigenvalue weighted by Gasteiger charge is 2.19. The number of hydrogen-bond acceptors (Lipinski definition) is 4. The first-order chi connectivity index (χ1) is 7.72. The number of aromatic nitrogens is 2. The summed E-state index contributed by atoms with van der Waals surface area (Å²) >= 11 is 0. The number of rotatable bonds is 3. The largest absolute Gasteiger partial charge is 0.358 e.